The van der Waals surface area contributed by atoms with E-state index in [-0.39, 0.29) is 24.4 Å². The summed E-state index contributed by atoms with van der Waals surface area (Å²) in [7, 11) is 1.63. The third kappa shape index (κ3) is 4.20. The van der Waals surface area contributed by atoms with Crippen LogP contribution >= 0.6 is 0 Å². The molecule has 2 N–H and O–H groups in total. The summed E-state index contributed by atoms with van der Waals surface area (Å²) in [5.41, 5.74) is 5.08. The van der Waals surface area contributed by atoms with Gasteiger partial charge in [0.1, 0.15) is 6.04 Å². The van der Waals surface area contributed by atoms with Crippen LogP contribution in [0, 0.1) is 0 Å². The molecule has 3 aromatic rings. The van der Waals surface area contributed by atoms with E-state index in [1.54, 1.807) is 7.05 Å². The van der Waals surface area contributed by atoms with Crippen molar-refractivity contribution >= 4 is 23.2 Å². The second-order valence-electron chi connectivity index (χ2n) is 7.46. The molecule has 0 fully saturated rings. The van der Waals surface area contributed by atoms with Crippen molar-refractivity contribution in [1.82, 2.24) is 5.32 Å². The lowest BCUT2D eigenvalue weighted by Gasteiger charge is -2.26. The number of likely N-dealkylation sites (N-methyl/N-ethyl adjacent to an activating group) is 1. The molecule has 0 aliphatic carbocycles. The Labute approximate surface area is 176 Å². The Morgan fingerprint density at radius 1 is 0.933 bits per heavy atom. The molecular formula is C25H25N3O2. The third-order valence-corrected chi connectivity index (χ3v) is 5.48. The number of nitrogens with one attached hydrogen (secondary N) is 2. The zero-order chi connectivity index (χ0) is 20.9. The molecule has 30 heavy (non-hydrogen) atoms. The van der Waals surface area contributed by atoms with Crippen LogP contribution in [0.1, 0.15) is 16.7 Å². The molecule has 0 spiro atoms. The second kappa shape index (κ2) is 8.82. The number of nitrogens with zero attached hydrogens (tertiary/aromatic N) is 1. The van der Waals surface area contributed by atoms with E-state index in [4.69, 9.17) is 0 Å². The molecule has 1 heterocycles. The van der Waals surface area contributed by atoms with Crippen molar-refractivity contribution in [2.75, 3.05) is 23.8 Å². The maximum atomic E-state index is 13.0. The molecular weight excluding hydrogens is 374 g/mol. The molecule has 5 heteroatoms. The molecule has 1 atom stereocenters. The van der Waals surface area contributed by atoms with Crippen LogP contribution in [-0.2, 0) is 22.4 Å². The van der Waals surface area contributed by atoms with Crippen LogP contribution in [0.5, 0.6) is 0 Å². The Morgan fingerprint density at radius 2 is 1.63 bits per heavy atom. The summed E-state index contributed by atoms with van der Waals surface area (Å²) in [4.78, 5) is 27.3. The van der Waals surface area contributed by atoms with E-state index in [0.717, 1.165) is 28.9 Å². The fourth-order valence-electron chi connectivity index (χ4n) is 4.00. The van der Waals surface area contributed by atoms with Gasteiger partial charge in [-0.25, -0.2) is 0 Å². The van der Waals surface area contributed by atoms with Crippen molar-refractivity contribution in [2.45, 2.75) is 18.9 Å². The number of para-hydroxylation sites is 2. The molecule has 2 amide bonds. The number of anilines is 2. The number of amides is 2. The molecule has 0 bridgehead atoms. The van der Waals surface area contributed by atoms with Gasteiger partial charge in [0.2, 0.25) is 11.8 Å². The highest BCUT2D eigenvalue weighted by Crippen LogP contribution is 2.32. The van der Waals surface area contributed by atoms with Gasteiger partial charge in [0.25, 0.3) is 0 Å². The number of carbonyl (C=O) groups is 2. The van der Waals surface area contributed by atoms with Gasteiger partial charge in [-0.3, -0.25) is 9.59 Å². The van der Waals surface area contributed by atoms with Crippen molar-refractivity contribution in [3.63, 3.8) is 0 Å². The van der Waals surface area contributed by atoms with Gasteiger partial charge < -0.3 is 15.5 Å². The zero-order valence-corrected chi connectivity index (χ0v) is 17.0. The van der Waals surface area contributed by atoms with Crippen LogP contribution in [0.15, 0.2) is 78.9 Å². The van der Waals surface area contributed by atoms with Crippen LogP contribution in [-0.4, -0.2) is 31.4 Å². The summed E-state index contributed by atoms with van der Waals surface area (Å²) < 4.78 is 0. The normalized spacial score (nSPS) is 14.8. The van der Waals surface area contributed by atoms with Gasteiger partial charge in [0, 0.05) is 24.8 Å². The highest BCUT2D eigenvalue weighted by Gasteiger charge is 2.34. The Morgan fingerprint density at radius 3 is 2.43 bits per heavy atom. The summed E-state index contributed by atoms with van der Waals surface area (Å²) in [6.07, 6.45) is 1.35. The van der Waals surface area contributed by atoms with E-state index in [2.05, 4.69) is 22.8 Å². The lowest BCUT2D eigenvalue weighted by molar-refractivity contribution is -0.121. The predicted molar refractivity (Wildman–Crippen MR) is 120 cm³/mol. The first-order valence-electron chi connectivity index (χ1n) is 10.1. The Bertz CT molecular complexity index is 1050. The van der Waals surface area contributed by atoms with Gasteiger partial charge in [0.05, 0.1) is 6.54 Å². The minimum Gasteiger partial charge on any atom is -0.357 e. The number of hydrogen-bond acceptors (Lipinski definition) is 3. The lowest BCUT2D eigenvalue weighted by Crippen LogP contribution is -2.47. The van der Waals surface area contributed by atoms with Crippen LogP contribution in [0.25, 0.3) is 0 Å². The fourth-order valence-corrected chi connectivity index (χ4v) is 4.00. The maximum Gasteiger partial charge on any atom is 0.243 e. The molecule has 152 valence electrons. The summed E-state index contributed by atoms with van der Waals surface area (Å²) in [5, 5.41) is 5.77. The highest BCUT2D eigenvalue weighted by molar-refractivity contribution is 5.97. The lowest BCUT2D eigenvalue weighted by atomic mass is 10.0. The minimum atomic E-state index is -0.377. The van der Waals surface area contributed by atoms with Gasteiger partial charge in [-0.1, -0.05) is 66.7 Å². The molecule has 0 saturated carbocycles. The molecule has 4 rings (SSSR count). The summed E-state index contributed by atoms with van der Waals surface area (Å²) in [5.74, 6) is -0.218. The topological polar surface area (TPSA) is 61.4 Å². The summed E-state index contributed by atoms with van der Waals surface area (Å²) in [6, 6.07) is 25.5. The van der Waals surface area contributed by atoms with Gasteiger partial charge >= 0.3 is 0 Å². The van der Waals surface area contributed by atoms with E-state index in [1.807, 2.05) is 71.6 Å². The molecule has 0 radical (unpaired) electrons. The predicted octanol–water partition coefficient (Wildman–Crippen LogP) is 3.39. The zero-order valence-electron chi connectivity index (χ0n) is 17.0. The van der Waals surface area contributed by atoms with Crippen LogP contribution < -0.4 is 15.5 Å². The van der Waals surface area contributed by atoms with Gasteiger partial charge in [0.15, 0.2) is 0 Å². The average molecular weight is 399 g/mol. The first kappa shape index (κ1) is 19.7. The van der Waals surface area contributed by atoms with E-state index >= 15 is 0 Å². The highest BCUT2D eigenvalue weighted by atomic mass is 16.2. The van der Waals surface area contributed by atoms with Crippen LogP contribution in [0.3, 0.4) is 0 Å². The van der Waals surface area contributed by atoms with Crippen LogP contribution in [0.2, 0.25) is 0 Å². The van der Waals surface area contributed by atoms with Gasteiger partial charge in [-0.05, 0) is 35.2 Å². The molecule has 0 saturated heterocycles. The molecule has 1 aliphatic heterocycles. The standard InChI is InChI=1S/C25H25N3O2/c1-26-25(30)23-16-20-12-6-8-14-22(20)28(23)17-24(29)27-21-13-7-5-11-19(21)15-18-9-3-2-4-10-18/h2-14,23H,15-17H2,1H3,(H,26,30)(H,27,29). The average Bonchev–Trinajstić information content (AvgIpc) is 3.13. The number of benzene rings is 3. The Hall–Kier alpha value is -3.60. The largest absolute Gasteiger partial charge is 0.357 e. The number of fused-ring (bicyclic) bond motifs is 1. The monoisotopic (exact) mass is 399 g/mol. The van der Waals surface area contributed by atoms with Crippen molar-refractivity contribution in [3.05, 3.63) is 95.6 Å². The molecule has 0 aromatic heterocycles. The minimum absolute atomic E-state index is 0.0801. The number of hydrogen-bond donors (Lipinski definition) is 2. The van der Waals surface area contributed by atoms with E-state index in [0.29, 0.717) is 6.42 Å². The van der Waals surface area contributed by atoms with Crippen molar-refractivity contribution in [2.24, 2.45) is 0 Å². The molecule has 3 aromatic carbocycles. The van der Waals surface area contributed by atoms with Crippen molar-refractivity contribution < 1.29 is 9.59 Å². The first-order valence-corrected chi connectivity index (χ1v) is 10.1. The van der Waals surface area contributed by atoms with E-state index in [9.17, 15) is 9.59 Å². The summed E-state index contributed by atoms with van der Waals surface area (Å²) in [6.45, 7) is 0.120. The van der Waals surface area contributed by atoms with Crippen molar-refractivity contribution in [3.8, 4) is 0 Å². The quantitative estimate of drug-likeness (QED) is 0.668. The van der Waals surface area contributed by atoms with Gasteiger partial charge in [-0.15, -0.1) is 0 Å². The Kier molecular flexibility index (Phi) is 5.80. The molecule has 1 aliphatic rings. The summed E-state index contributed by atoms with van der Waals surface area (Å²) >= 11 is 0. The number of rotatable bonds is 6. The fraction of sp³-hybridized carbons (Fsp3) is 0.200. The maximum absolute atomic E-state index is 13.0. The SMILES string of the molecule is CNC(=O)C1Cc2ccccc2N1CC(=O)Nc1ccccc1Cc1ccccc1. The third-order valence-electron chi connectivity index (χ3n) is 5.48. The Balaban J connectivity index is 1.51. The van der Waals surface area contributed by atoms with Crippen LogP contribution in [0.4, 0.5) is 11.4 Å². The molecule has 5 nitrogen and oxygen atoms in total. The smallest absolute Gasteiger partial charge is 0.243 e. The number of carbonyl (C=O) groups excluding carboxylic acids is 2. The van der Waals surface area contributed by atoms with Gasteiger partial charge in [-0.2, -0.15) is 0 Å². The second-order valence-corrected chi connectivity index (χ2v) is 7.46. The van der Waals surface area contributed by atoms with Crippen molar-refractivity contribution in [1.29, 1.82) is 0 Å². The molecule has 1 unspecified atom stereocenters. The van der Waals surface area contributed by atoms with E-state index < -0.39 is 0 Å². The first-order chi connectivity index (χ1) is 14.7. The van der Waals surface area contributed by atoms with E-state index in [1.165, 1.54) is 5.56 Å².